The molecule has 0 radical (unpaired) electrons. The van der Waals surface area contributed by atoms with Crippen molar-refractivity contribution >= 4 is 28.7 Å². The van der Waals surface area contributed by atoms with Crippen LogP contribution in [0.2, 0.25) is 0 Å². The first kappa shape index (κ1) is 16.8. The maximum Gasteiger partial charge on any atom is 0.164 e. The number of pyridine rings is 1. The minimum absolute atomic E-state index is 0.103. The molecule has 0 fully saturated rings. The normalized spacial score (nSPS) is 11.2. The van der Waals surface area contributed by atoms with Crippen LogP contribution in [0.15, 0.2) is 54.6 Å². The third kappa shape index (κ3) is 4.23. The Morgan fingerprint density at radius 2 is 1.87 bits per heavy atom. The molecule has 4 nitrogen and oxygen atoms in total. The van der Waals surface area contributed by atoms with Crippen molar-refractivity contribution in [1.29, 1.82) is 0 Å². The van der Waals surface area contributed by atoms with Gasteiger partial charge in [0.2, 0.25) is 0 Å². The smallest absolute Gasteiger partial charge is 0.164 e. The summed E-state index contributed by atoms with van der Waals surface area (Å²) in [5, 5.41) is 3.35. The molecule has 23 heavy (non-hydrogen) atoms. The summed E-state index contributed by atoms with van der Waals surface area (Å²) >= 11 is 5.75. The van der Waals surface area contributed by atoms with Crippen molar-refractivity contribution in [3.8, 4) is 0 Å². The van der Waals surface area contributed by atoms with Gasteiger partial charge >= 0.3 is 0 Å². The first-order valence-electron chi connectivity index (χ1n) is 6.82. The fourth-order valence-electron chi connectivity index (χ4n) is 1.86. The molecule has 0 atom stereocenters. The first-order valence-corrected chi connectivity index (χ1v) is 7.20. The number of nitrogens with zero attached hydrogens (tertiary/aromatic N) is 3. The lowest BCUT2D eigenvalue weighted by Gasteiger charge is -2.13. The minimum atomic E-state index is -0.676. The number of halogens is 2. The highest BCUT2D eigenvalue weighted by molar-refractivity contribution is 6.31. The number of hydrogen-bond donors (Lipinski definition) is 1. The Hall–Kier alpha value is -2.53. The van der Waals surface area contributed by atoms with Crippen molar-refractivity contribution in [2.24, 2.45) is 0 Å². The third-order valence-electron chi connectivity index (χ3n) is 3.17. The number of hydrogen-bond acceptors (Lipinski definition) is 4. The SMILES string of the molecule is C=C(Cl)/C=C(\C(=C)F)c1nc(C)c(C)c(Nc2ccncc2)n1. The summed E-state index contributed by atoms with van der Waals surface area (Å²) in [6.07, 6.45) is 4.68. The van der Waals surface area contributed by atoms with Crippen molar-refractivity contribution < 1.29 is 4.39 Å². The average molecular weight is 331 g/mol. The van der Waals surface area contributed by atoms with Crippen LogP contribution in [0.1, 0.15) is 17.1 Å². The van der Waals surface area contributed by atoms with Gasteiger partial charge < -0.3 is 5.32 Å². The summed E-state index contributed by atoms with van der Waals surface area (Å²) in [7, 11) is 0. The van der Waals surface area contributed by atoms with Crippen molar-refractivity contribution in [3.63, 3.8) is 0 Å². The van der Waals surface area contributed by atoms with E-state index in [0.717, 1.165) is 16.9 Å². The topological polar surface area (TPSA) is 50.7 Å². The van der Waals surface area contributed by atoms with Gasteiger partial charge in [-0.25, -0.2) is 14.4 Å². The number of aryl methyl sites for hydroxylation is 1. The zero-order valence-corrected chi connectivity index (χ0v) is 13.7. The molecule has 0 unspecified atom stereocenters. The average Bonchev–Trinajstić information content (AvgIpc) is 2.50. The van der Waals surface area contributed by atoms with Crippen LogP contribution in [0.3, 0.4) is 0 Å². The Balaban J connectivity index is 2.51. The van der Waals surface area contributed by atoms with Crippen LogP contribution in [0, 0.1) is 13.8 Å². The Labute approximate surface area is 139 Å². The second-order valence-electron chi connectivity index (χ2n) is 4.88. The molecule has 0 amide bonds. The molecule has 0 aromatic carbocycles. The van der Waals surface area contributed by atoms with Crippen molar-refractivity contribution in [2.45, 2.75) is 13.8 Å². The van der Waals surface area contributed by atoms with Crippen LogP contribution in [0.25, 0.3) is 5.57 Å². The van der Waals surface area contributed by atoms with Crippen LogP contribution in [-0.4, -0.2) is 15.0 Å². The summed E-state index contributed by atoms with van der Waals surface area (Å²) in [5.41, 5.74) is 2.50. The van der Waals surface area contributed by atoms with E-state index in [1.807, 2.05) is 26.0 Å². The molecule has 0 spiro atoms. The highest BCUT2D eigenvalue weighted by Crippen LogP contribution is 2.27. The fourth-order valence-corrected chi connectivity index (χ4v) is 1.97. The quantitative estimate of drug-likeness (QED) is 0.796. The number of anilines is 2. The van der Waals surface area contributed by atoms with E-state index in [1.54, 1.807) is 12.4 Å². The first-order chi connectivity index (χ1) is 10.9. The lowest BCUT2D eigenvalue weighted by Crippen LogP contribution is -2.05. The Bertz CT molecular complexity index is 785. The number of rotatable bonds is 5. The lowest BCUT2D eigenvalue weighted by atomic mass is 10.1. The zero-order valence-electron chi connectivity index (χ0n) is 12.9. The van der Waals surface area contributed by atoms with Gasteiger partial charge in [-0.3, -0.25) is 4.98 Å². The number of aromatic nitrogens is 3. The van der Waals surface area contributed by atoms with E-state index in [9.17, 15) is 4.39 Å². The summed E-state index contributed by atoms with van der Waals surface area (Å²) in [6, 6.07) is 3.62. The van der Waals surface area contributed by atoms with Crippen LogP contribution < -0.4 is 5.32 Å². The van der Waals surface area contributed by atoms with Crippen molar-refractivity contribution in [2.75, 3.05) is 5.32 Å². The Morgan fingerprint density at radius 3 is 2.43 bits per heavy atom. The predicted molar refractivity (Wildman–Crippen MR) is 92.2 cm³/mol. The maximum atomic E-state index is 13.7. The van der Waals surface area contributed by atoms with E-state index in [-0.39, 0.29) is 16.4 Å². The van der Waals surface area contributed by atoms with Crippen LogP contribution in [0.4, 0.5) is 15.9 Å². The predicted octanol–water partition coefficient (Wildman–Crippen LogP) is 4.85. The van der Waals surface area contributed by atoms with E-state index >= 15 is 0 Å². The van der Waals surface area contributed by atoms with Crippen LogP contribution in [-0.2, 0) is 0 Å². The van der Waals surface area contributed by atoms with Gasteiger partial charge in [-0.15, -0.1) is 0 Å². The molecule has 0 aliphatic rings. The molecule has 0 saturated heterocycles. The molecule has 2 aromatic heterocycles. The highest BCUT2D eigenvalue weighted by Gasteiger charge is 2.14. The van der Waals surface area contributed by atoms with Gasteiger partial charge in [0.15, 0.2) is 5.82 Å². The molecule has 2 aromatic rings. The largest absolute Gasteiger partial charge is 0.340 e. The van der Waals surface area contributed by atoms with Gasteiger partial charge in [0.25, 0.3) is 0 Å². The van der Waals surface area contributed by atoms with Crippen LogP contribution in [0.5, 0.6) is 0 Å². The zero-order chi connectivity index (χ0) is 17.0. The Morgan fingerprint density at radius 1 is 1.22 bits per heavy atom. The van der Waals surface area contributed by atoms with Crippen molar-refractivity contribution in [3.05, 3.63) is 71.7 Å². The van der Waals surface area contributed by atoms with Crippen LogP contribution >= 0.6 is 11.6 Å². The van der Waals surface area contributed by atoms with E-state index in [4.69, 9.17) is 11.6 Å². The van der Waals surface area contributed by atoms with Gasteiger partial charge in [0, 0.05) is 34.4 Å². The summed E-state index contributed by atoms with van der Waals surface area (Å²) in [5.74, 6) is 0.0925. The summed E-state index contributed by atoms with van der Waals surface area (Å²) in [4.78, 5) is 12.7. The second kappa shape index (κ2) is 7.15. The molecule has 0 aliphatic heterocycles. The minimum Gasteiger partial charge on any atom is -0.340 e. The molecule has 2 rings (SSSR count). The molecule has 118 valence electrons. The van der Waals surface area contributed by atoms with Gasteiger partial charge in [-0.2, -0.15) is 0 Å². The molecule has 0 aliphatic carbocycles. The van der Waals surface area contributed by atoms with E-state index < -0.39 is 5.83 Å². The van der Waals surface area contributed by atoms with E-state index in [2.05, 4.69) is 33.4 Å². The standard InChI is InChI=1S/C17H16ClFN4/c1-10(18)9-15(12(3)19)17-21-13(4)11(2)16(23-17)22-14-5-7-20-8-6-14/h5-9H,1,3H2,2,4H3,(H,20,21,22,23)/b15-9+. The fraction of sp³-hybridized carbons (Fsp3) is 0.118. The number of nitrogens with one attached hydrogen (secondary N) is 1. The van der Waals surface area contributed by atoms with Gasteiger partial charge in [-0.05, 0) is 32.1 Å². The summed E-state index contributed by atoms with van der Waals surface area (Å²) in [6.45, 7) is 10.6. The maximum absolute atomic E-state index is 13.7. The van der Waals surface area contributed by atoms with Crippen molar-refractivity contribution in [1.82, 2.24) is 15.0 Å². The lowest BCUT2D eigenvalue weighted by molar-refractivity contribution is 0.675. The molecule has 0 bridgehead atoms. The molecule has 0 saturated carbocycles. The molecule has 2 heterocycles. The number of allylic oxidation sites excluding steroid dienone is 4. The van der Waals surface area contributed by atoms with Gasteiger partial charge in [-0.1, -0.05) is 24.8 Å². The molecule has 6 heteroatoms. The van der Waals surface area contributed by atoms with Gasteiger partial charge in [0.1, 0.15) is 11.6 Å². The molecular formula is C17H16ClFN4. The monoisotopic (exact) mass is 330 g/mol. The third-order valence-corrected chi connectivity index (χ3v) is 3.28. The van der Waals surface area contributed by atoms with Gasteiger partial charge in [0.05, 0.1) is 5.57 Å². The molecular weight excluding hydrogens is 315 g/mol. The van der Waals surface area contributed by atoms with E-state index in [0.29, 0.717) is 5.82 Å². The summed E-state index contributed by atoms with van der Waals surface area (Å²) < 4.78 is 13.7. The second-order valence-corrected chi connectivity index (χ2v) is 5.36. The Kier molecular flexibility index (Phi) is 5.24. The molecule has 1 N–H and O–H groups in total. The van der Waals surface area contributed by atoms with E-state index in [1.165, 1.54) is 6.08 Å². The highest BCUT2D eigenvalue weighted by atomic mass is 35.5.